The Hall–Kier alpha value is -1.87. The molecule has 18 heavy (non-hydrogen) atoms. The number of nitrogens with one attached hydrogen (secondary N) is 1. The summed E-state index contributed by atoms with van der Waals surface area (Å²) in [5.41, 5.74) is 3.39. The van der Waals surface area contributed by atoms with Gasteiger partial charge < -0.3 is 10.4 Å². The minimum atomic E-state index is -0.485. The Labute approximate surface area is 107 Å². The van der Waals surface area contributed by atoms with Crippen LogP contribution in [-0.2, 0) is 6.42 Å². The molecule has 0 fully saturated rings. The normalized spacial score (nSPS) is 19.7. The zero-order valence-corrected chi connectivity index (χ0v) is 10.1. The summed E-state index contributed by atoms with van der Waals surface area (Å²) >= 11 is 0. The van der Waals surface area contributed by atoms with Crippen molar-refractivity contribution in [3.8, 4) is 0 Å². The molecule has 0 spiro atoms. The number of pyridine rings is 1. The lowest BCUT2D eigenvalue weighted by atomic mass is 9.92. The molecule has 92 valence electrons. The maximum absolute atomic E-state index is 10.4. The minimum Gasteiger partial charge on any atom is -0.386 e. The molecule has 2 heterocycles. The van der Waals surface area contributed by atoms with Crippen LogP contribution in [0.15, 0.2) is 48.8 Å². The van der Waals surface area contributed by atoms with Crippen LogP contribution in [0.3, 0.4) is 0 Å². The van der Waals surface area contributed by atoms with Gasteiger partial charge in [-0.3, -0.25) is 4.98 Å². The molecule has 1 aliphatic rings. The second-order valence-electron chi connectivity index (χ2n) is 4.67. The molecule has 0 amide bonds. The van der Waals surface area contributed by atoms with Crippen LogP contribution in [0.1, 0.15) is 23.7 Å². The zero-order valence-electron chi connectivity index (χ0n) is 10.1. The van der Waals surface area contributed by atoms with E-state index >= 15 is 0 Å². The fourth-order valence-corrected chi connectivity index (χ4v) is 2.49. The van der Waals surface area contributed by atoms with Gasteiger partial charge in [0.25, 0.3) is 0 Å². The second kappa shape index (κ2) is 4.78. The maximum Gasteiger partial charge on any atom is 0.0992 e. The van der Waals surface area contributed by atoms with Crippen molar-refractivity contribution in [1.29, 1.82) is 0 Å². The van der Waals surface area contributed by atoms with Crippen molar-refractivity contribution in [3.63, 3.8) is 0 Å². The van der Waals surface area contributed by atoms with Gasteiger partial charge in [-0.1, -0.05) is 18.2 Å². The van der Waals surface area contributed by atoms with Crippen LogP contribution in [0.4, 0.5) is 5.69 Å². The lowest BCUT2D eigenvalue weighted by molar-refractivity contribution is 0.149. The molecule has 2 N–H and O–H groups in total. The van der Waals surface area contributed by atoms with Gasteiger partial charge in [0.15, 0.2) is 0 Å². The molecule has 3 rings (SSSR count). The number of benzene rings is 1. The van der Waals surface area contributed by atoms with Gasteiger partial charge in [-0.2, -0.15) is 0 Å². The number of anilines is 1. The van der Waals surface area contributed by atoms with Gasteiger partial charge in [0.05, 0.1) is 12.1 Å². The number of rotatable bonds is 2. The van der Waals surface area contributed by atoms with Crippen molar-refractivity contribution in [3.05, 3.63) is 59.9 Å². The second-order valence-corrected chi connectivity index (χ2v) is 4.67. The van der Waals surface area contributed by atoms with Gasteiger partial charge in [0.2, 0.25) is 0 Å². The molecule has 2 aromatic rings. The molecule has 0 saturated heterocycles. The molecular weight excluding hydrogens is 224 g/mol. The molecule has 1 aromatic heterocycles. The number of hydrogen-bond donors (Lipinski definition) is 2. The summed E-state index contributed by atoms with van der Waals surface area (Å²) in [4.78, 5) is 3.98. The van der Waals surface area contributed by atoms with E-state index < -0.39 is 6.10 Å². The topological polar surface area (TPSA) is 45.2 Å². The summed E-state index contributed by atoms with van der Waals surface area (Å²) in [7, 11) is 0. The van der Waals surface area contributed by atoms with Crippen molar-refractivity contribution in [1.82, 2.24) is 4.98 Å². The Morgan fingerprint density at radius 1 is 1.17 bits per heavy atom. The average Bonchev–Trinajstić information content (AvgIpc) is 2.47. The fraction of sp³-hybridized carbons (Fsp3) is 0.267. The lowest BCUT2D eigenvalue weighted by Crippen LogP contribution is -2.31. The minimum absolute atomic E-state index is 0.0716. The van der Waals surface area contributed by atoms with Crippen LogP contribution >= 0.6 is 0 Å². The van der Waals surface area contributed by atoms with E-state index in [0.717, 1.165) is 24.1 Å². The summed E-state index contributed by atoms with van der Waals surface area (Å²) < 4.78 is 0. The van der Waals surface area contributed by atoms with Crippen molar-refractivity contribution >= 4 is 5.69 Å². The molecular formula is C15H16N2O. The number of aromatic nitrogens is 1. The summed E-state index contributed by atoms with van der Waals surface area (Å²) in [6, 6.07) is 12.1. The molecule has 3 nitrogen and oxygen atoms in total. The Balaban J connectivity index is 1.80. The van der Waals surface area contributed by atoms with Crippen LogP contribution in [0.5, 0.6) is 0 Å². The number of fused-ring (bicyclic) bond motifs is 1. The first-order valence-electron chi connectivity index (χ1n) is 6.27. The molecule has 1 aliphatic heterocycles. The van der Waals surface area contributed by atoms with Crippen molar-refractivity contribution in [2.45, 2.75) is 25.0 Å². The van der Waals surface area contributed by atoms with E-state index in [-0.39, 0.29) is 6.04 Å². The Morgan fingerprint density at radius 3 is 2.78 bits per heavy atom. The van der Waals surface area contributed by atoms with Crippen LogP contribution in [0.25, 0.3) is 0 Å². The highest BCUT2D eigenvalue weighted by molar-refractivity contribution is 5.54. The summed E-state index contributed by atoms with van der Waals surface area (Å²) in [5, 5.41) is 13.8. The smallest absolute Gasteiger partial charge is 0.0992 e. The van der Waals surface area contributed by atoms with Gasteiger partial charge in [0, 0.05) is 18.1 Å². The largest absolute Gasteiger partial charge is 0.386 e. The predicted octanol–water partition coefficient (Wildman–Crippen LogP) is 2.54. The standard InChI is InChI=1S/C15H16N2O/c18-15(12-7-9-16-10-8-12)14-6-5-11-3-1-2-4-13(11)17-14/h1-4,7-10,14-15,17-18H,5-6H2. The number of nitrogens with zero attached hydrogens (tertiary/aromatic N) is 1. The quantitative estimate of drug-likeness (QED) is 0.848. The Kier molecular flexibility index (Phi) is 2.99. The van der Waals surface area contributed by atoms with Gasteiger partial charge in [-0.05, 0) is 42.2 Å². The van der Waals surface area contributed by atoms with E-state index in [0.29, 0.717) is 0 Å². The summed E-state index contributed by atoms with van der Waals surface area (Å²) in [5.74, 6) is 0. The van der Waals surface area contributed by atoms with Gasteiger partial charge in [-0.15, -0.1) is 0 Å². The average molecular weight is 240 g/mol. The van der Waals surface area contributed by atoms with Crippen molar-refractivity contribution in [2.24, 2.45) is 0 Å². The molecule has 0 radical (unpaired) electrons. The van der Waals surface area contributed by atoms with Gasteiger partial charge >= 0.3 is 0 Å². The molecule has 0 saturated carbocycles. The number of para-hydroxylation sites is 1. The van der Waals surface area contributed by atoms with Crippen molar-refractivity contribution < 1.29 is 5.11 Å². The highest BCUT2D eigenvalue weighted by Gasteiger charge is 2.24. The number of aliphatic hydroxyl groups is 1. The van der Waals surface area contributed by atoms with Crippen LogP contribution in [-0.4, -0.2) is 16.1 Å². The number of aliphatic hydroxyl groups excluding tert-OH is 1. The molecule has 2 unspecified atom stereocenters. The third kappa shape index (κ3) is 2.09. The highest BCUT2D eigenvalue weighted by Crippen LogP contribution is 2.30. The van der Waals surface area contributed by atoms with E-state index in [1.807, 2.05) is 18.2 Å². The molecule has 3 heteroatoms. The first-order valence-corrected chi connectivity index (χ1v) is 6.27. The van der Waals surface area contributed by atoms with Crippen LogP contribution < -0.4 is 5.32 Å². The third-order valence-electron chi connectivity index (χ3n) is 3.51. The predicted molar refractivity (Wildman–Crippen MR) is 71.4 cm³/mol. The van der Waals surface area contributed by atoms with E-state index in [4.69, 9.17) is 0 Å². The molecule has 2 atom stereocenters. The van der Waals surface area contributed by atoms with E-state index in [2.05, 4.69) is 28.5 Å². The summed E-state index contributed by atoms with van der Waals surface area (Å²) in [6.45, 7) is 0. The first kappa shape index (κ1) is 11.2. The number of hydrogen-bond acceptors (Lipinski definition) is 3. The molecule has 0 bridgehead atoms. The third-order valence-corrected chi connectivity index (χ3v) is 3.51. The van der Waals surface area contributed by atoms with Gasteiger partial charge in [-0.25, -0.2) is 0 Å². The van der Waals surface area contributed by atoms with E-state index in [1.54, 1.807) is 12.4 Å². The summed E-state index contributed by atoms with van der Waals surface area (Å²) in [6.07, 6.45) is 4.91. The Bertz CT molecular complexity index is 527. The van der Waals surface area contributed by atoms with E-state index in [9.17, 15) is 5.11 Å². The maximum atomic E-state index is 10.4. The van der Waals surface area contributed by atoms with E-state index in [1.165, 1.54) is 5.56 Å². The van der Waals surface area contributed by atoms with Crippen molar-refractivity contribution in [2.75, 3.05) is 5.32 Å². The van der Waals surface area contributed by atoms with Crippen LogP contribution in [0, 0.1) is 0 Å². The van der Waals surface area contributed by atoms with Gasteiger partial charge in [0.1, 0.15) is 0 Å². The molecule has 0 aliphatic carbocycles. The highest BCUT2D eigenvalue weighted by atomic mass is 16.3. The Morgan fingerprint density at radius 2 is 1.94 bits per heavy atom. The van der Waals surface area contributed by atoms with Crippen LogP contribution in [0.2, 0.25) is 0 Å². The number of aryl methyl sites for hydroxylation is 1. The fourth-order valence-electron chi connectivity index (χ4n) is 2.49. The zero-order chi connectivity index (χ0) is 12.4. The first-order chi connectivity index (χ1) is 8.84. The monoisotopic (exact) mass is 240 g/mol. The lowest BCUT2D eigenvalue weighted by Gasteiger charge is -2.30. The SMILES string of the molecule is OC(c1ccncc1)C1CCc2ccccc2N1. The molecule has 1 aromatic carbocycles.